The summed E-state index contributed by atoms with van der Waals surface area (Å²) in [6.45, 7) is 1.86. The standard InChI is InChI=1S/C23H28BrNO2/c1-25(20-14-15-20)16-6-2-3-7-17-27-22-9-5-4-8-21(22)23(26)18-10-12-19(24)13-11-18/h4-5,8-13,20H,2-3,6-7,14-17H2,1H3. The SMILES string of the molecule is CN(CCCCCCOc1ccccc1C(=O)c1ccc(Br)cc1)C1CC1. The van der Waals surface area contributed by atoms with E-state index in [2.05, 4.69) is 27.9 Å². The van der Waals surface area contributed by atoms with Crippen molar-refractivity contribution in [2.24, 2.45) is 0 Å². The maximum Gasteiger partial charge on any atom is 0.196 e. The molecule has 1 aliphatic carbocycles. The third kappa shape index (κ3) is 6.18. The van der Waals surface area contributed by atoms with Crippen molar-refractivity contribution in [3.63, 3.8) is 0 Å². The van der Waals surface area contributed by atoms with Gasteiger partial charge in [-0.2, -0.15) is 0 Å². The lowest BCUT2D eigenvalue weighted by Crippen LogP contribution is -2.21. The maximum atomic E-state index is 12.8. The molecule has 3 rings (SSSR count). The molecule has 1 aliphatic rings. The van der Waals surface area contributed by atoms with E-state index in [0.29, 0.717) is 23.5 Å². The normalized spacial score (nSPS) is 13.7. The summed E-state index contributed by atoms with van der Waals surface area (Å²) in [7, 11) is 2.24. The maximum absolute atomic E-state index is 12.8. The van der Waals surface area contributed by atoms with Gasteiger partial charge in [0.2, 0.25) is 0 Å². The first-order chi connectivity index (χ1) is 13.1. The van der Waals surface area contributed by atoms with Crippen molar-refractivity contribution in [2.45, 2.75) is 44.6 Å². The van der Waals surface area contributed by atoms with Crippen LogP contribution in [-0.2, 0) is 0 Å². The van der Waals surface area contributed by atoms with Gasteiger partial charge in [0.05, 0.1) is 12.2 Å². The van der Waals surface area contributed by atoms with Gasteiger partial charge in [-0.1, -0.05) is 40.9 Å². The number of rotatable bonds is 11. The molecular weight excluding hydrogens is 402 g/mol. The molecule has 1 saturated carbocycles. The number of carbonyl (C=O) groups excluding carboxylic acids is 1. The highest BCUT2D eigenvalue weighted by atomic mass is 79.9. The number of ketones is 1. The number of benzene rings is 2. The van der Waals surface area contributed by atoms with Crippen LogP contribution >= 0.6 is 15.9 Å². The van der Waals surface area contributed by atoms with Gasteiger partial charge in [-0.25, -0.2) is 0 Å². The Kier molecular flexibility index (Phi) is 7.48. The van der Waals surface area contributed by atoms with Gasteiger partial charge in [-0.15, -0.1) is 0 Å². The van der Waals surface area contributed by atoms with Gasteiger partial charge in [-0.3, -0.25) is 4.79 Å². The number of hydrogen-bond donors (Lipinski definition) is 0. The molecule has 27 heavy (non-hydrogen) atoms. The van der Waals surface area contributed by atoms with Crippen LogP contribution in [0.25, 0.3) is 0 Å². The molecule has 0 spiro atoms. The molecule has 0 bridgehead atoms. The molecular formula is C23H28BrNO2. The van der Waals surface area contributed by atoms with E-state index in [-0.39, 0.29) is 5.78 Å². The quantitative estimate of drug-likeness (QED) is 0.338. The molecule has 0 N–H and O–H groups in total. The Balaban J connectivity index is 1.43. The molecule has 0 radical (unpaired) electrons. The number of hydrogen-bond acceptors (Lipinski definition) is 3. The summed E-state index contributed by atoms with van der Waals surface area (Å²) in [6.07, 6.45) is 7.44. The fraction of sp³-hybridized carbons (Fsp3) is 0.435. The number of carbonyl (C=O) groups is 1. The van der Waals surface area contributed by atoms with E-state index >= 15 is 0 Å². The van der Waals surface area contributed by atoms with E-state index in [9.17, 15) is 4.79 Å². The molecule has 0 atom stereocenters. The smallest absolute Gasteiger partial charge is 0.196 e. The highest BCUT2D eigenvalue weighted by molar-refractivity contribution is 9.10. The minimum atomic E-state index is 0.00112. The Morgan fingerprint density at radius 2 is 1.74 bits per heavy atom. The van der Waals surface area contributed by atoms with Crippen LogP contribution in [0.1, 0.15) is 54.4 Å². The van der Waals surface area contributed by atoms with Gasteiger partial charge in [0.15, 0.2) is 5.78 Å². The van der Waals surface area contributed by atoms with Crippen LogP contribution in [0.15, 0.2) is 53.0 Å². The van der Waals surface area contributed by atoms with Crippen LogP contribution in [0.3, 0.4) is 0 Å². The molecule has 0 aliphatic heterocycles. The van der Waals surface area contributed by atoms with Crippen LogP contribution in [-0.4, -0.2) is 36.9 Å². The summed E-state index contributed by atoms with van der Waals surface area (Å²) in [6, 6.07) is 15.8. The van der Waals surface area contributed by atoms with E-state index in [0.717, 1.165) is 16.9 Å². The van der Waals surface area contributed by atoms with Gasteiger partial charge < -0.3 is 9.64 Å². The molecule has 144 valence electrons. The highest BCUT2D eigenvalue weighted by Crippen LogP contribution is 2.25. The lowest BCUT2D eigenvalue weighted by molar-refractivity contribution is 0.103. The van der Waals surface area contributed by atoms with Crippen LogP contribution < -0.4 is 4.74 Å². The third-order valence-corrected chi connectivity index (χ3v) is 5.60. The van der Waals surface area contributed by atoms with Gasteiger partial charge in [0, 0.05) is 16.1 Å². The summed E-state index contributed by atoms with van der Waals surface area (Å²) >= 11 is 3.40. The molecule has 4 heteroatoms. The van der Waals surface area contributed by atoms with Crippen molar-refractivity contribution in [1.82, 2.24) is 4.90 Å². The molecule has 2 aromatic rings. The third-order valence-electron chi connectivity index (χ3n) is 5.07. The number of ether oxygens (including phenoxy) is 1. The second-order valence-electron chi connectivity index (χ2n) is 7.31. The van der Waals surface area contributed by atoms with Gasteiger partial charge in [0.25, 0.3) is 0 Å². The fourth-order valence-electron chi connectivity index (χ4n) is 3.23. The Hall–Kier alpha value is -1.65. The number of halogens is 1. The Morgan fingerprint density at radius 3 is 2.48 bits per heavy atom. The predicted octanol–water partition coefficient (Wildman–Crippen LogP) is 5.71. The van der Waals surface area contributed by atoms with Gasteiger partial charge in [-0.05, 0) is 75.7 Å². The molecule has 2 aromatic carbocycles. The number of unbranched alkanes of at least 4 members (excludes halogenated alkanes) is 3. The zero-order valence-electron chi connectivity index (χ0n) is 16.0. The van der Waals surface area contributed by atoms with Crippen molar-refractivity contribution in [3.8, 4) is 5.75 Å². The van der Waals surface area contributed by atoms with E-state index < -0.39 is 0 Å². The first-order valence-electron chi connectivity index (χ1n) is 9.87. The van der Waals surface area contributed by atoms with Crippen LogP contribution in [0.2, 0.25) is 0 Å². The Labute approximate surface area is 170 Å². The Morgan fingerprint density at radius 1 is 1.04 bits per heavy atom. The van der Waals surface area contributed by atoms with E-state index in [1.807, 2.05) is 48.5 Å². The van der Waals surface area contributed by atoms with E-state index in [1.54, 1.807) is 0 Å². The summed E-state index contributed by atoms with van der Waals surface area (Å²) < 4.78 is 6.90. The average Bonchev–Trinajstić information content (AvgIpc) is 3.53. The lowest BCUT2D eigenvalue weighted by Gasteiger charge is -2.15. The van der Waals surface area contributed by atoms with Gasteiger partial charge in [0.1, 0.15) is 5.75 Å². The van der Waals surface area contributed by atoms with Crippen molar-refractivity contribution in [2.75, 3.05) is 20.2 Å². The van der Waals surface area contributed by atoms with Crippen molar-refractivity contribution >= 4 is 21.7 Å². The van der Waals surface area contributed by atoms with Crippen molar-refractivity contribution in [3.05, 3.63) is 64.1 Å². The fourth-order valence-corrected chi connectivity index (χ4v) is 3.50. The Bertz CT molecular complexity index is 740. The minimum absolute atomic E-state index is 0.00112. The predicted molar refractivity (Wildman–Crippen MR) is 114 cm³/mol. The minimum Gasteiger partial charge on any atom is -0.493 e. The molecule has 1 fully saturated rings. The van der Waals surface area contributed by atoms with E-state index in [1.165, 1.54) is 38.6 Å². The topological polar surface area (TPSA) is 29.5 Å². The average molecular weight is 430 g/mol. The van der Waals surface area contributed by atoms with Crippen LogP contribution in [0.5, 0.6) is 5.75 Å². The molecule has 0 aromatic heterocycles. The number of nitrogens with zero attached hydrogens (tertiary/aromatic N) is 1. The van der Waals surface area contributed by atoms with Crippen molar-refractivity contribution in [1.29, 1.82) is 0 Å². The van der Waals surface area contributed by atoms with Crippen molar-refractivity contribution < 1.29 is 9.53 Å². The molecule has 0 unspecified atom stereocenters. The number of para-hydroxylation sites is 1. The summed E-state index contributed by atoms with van der Waals surface area (Å²) in [5.41, 5.74) is 1.31. The molecule has 0 saturated heterocycles. The summed E-state index contributed by atoms with van der Waals surface area (Å²) in [5.74, 6) is 0.681. The zero-order valence-corrected chi connectivity index (χ0v) is 17.6. The molecule has 0 heterocycles. The summed E-state index contributed by atoms with van der Waals surface area (Å²) in [5, 5.41) is 0. The highest BCUT2D eigenvalue weighted by Gasteiger charge is 2.25. The second kappa shape index (κ2) is 10.0. The molecule has 0 amide bonds. The zero-order chi connectivity index (χ0) is 19.1. The van der Waals surface area contributed by atoms with Crippen LogP contribution in [0.4, 0.5) is 0 Å². The lowest BCUT2D eigenvalue weighted by atomic mass is 10.0. The monoisotopic (exact) mass is 429 g/mol. The van der Waals surface area contributed by atoms with Crippen LogP contribution in [0, 0.1) is 0 Å². The largest absolute Gasteiger partial charge is 0.493 e. The van der Waals surface area contributed by atoms with E-state index in [4.69, 9.17) is 4.74 Å². The van der Waals surface area contributed by atoms with Gasteiger partial charge >= 0.3 is 0 Å². The summed E-state index contributed by atoms with van der Waals surface area (Å²) in [4.78, 5) is 15.3. The first kappa shape index (κ1) is 20.1. The second-order valence-corrected chi connectivity index (χ2v) is 8.22. The molecule has 3 nitrogen and oxygen atoms in total. The first-order valence-corrected chi connectivity index (χ1v) is 10.7.